The molecule has 13 heteroatoms. The fourth-order valence-electron chi connectivity index (χ4n) is 4.42. The lowest BCUT2D eigenvalue weighted by Crippen LogP contribution is -2.49. The van der Waals surface area contributed by atoms with E-state index >= 15 is 0 Å². The van der Waals surface area contributed by atoms with Crippen molar-refractivity contribution < 1.29 is 23.7 Å². The molecule has 0 bridgehead atoms. The third kappa shape index (κ3) is 8.32. The number of carbonyl (C=O) groups is 1. The lowest BCUT2D eigenvalue weighted by molar-refractivity contribution is -0.129. The molecule has 0 aliphatic carbocycles. The van der Waals surface area contributed by atoms with E-state index < -0.39 is 0 Å². The van der Waals surface area contributed by atoms with Gasteiger partial charge in [0.15, 0.2) is 5.82 Å². The summed E-state index contributed by atoms with van der Waals surface area (Å²) in [6.45, 7) is 8.12. The second kappa shape index (κ2) is 16.4. The van der Waals surface area contributed by atoms with Crippen molar-refractivity contribution in [3.8, 4) is 0 Å². The number of carbonyl (C=O) groups excluding carboxylic acids is 1. The van der Waals surface area contributed by atoms with Gasteiger partial charge in [-0.3, -0.25) is 4.79 Å². The first-order chi connectivity index (χ1) is 19.5. The molecule has 0 N–H and O–H groups in total. The highest BCUT2D eigenvalue weighted by molar-refractivity contribution is 5.92. The maximum Gasteiger partial charge on any atom is 0.241 e. The van der Waals surface area contributed by atoms with Crippen molar-refractivity contribution in [3.05, 3.63) is 5.69 Å². The summed E-state index contributed by atoms with van der Waals surface area (Å²) >= 11 is 0. The summed E-state index contributed by atoms with van der Waals surface area (Å²) in [5.41, 5.74) is 2.22. The minimum absolute atomic E-state index is 0.0393. The Bertz CT molecular complexity index is 1060. The van der Waals surface area contributed by atoms with Gasteiger partial charge in [-0.2, -0.15) is 4.98 Å². The van der Waals surface area contributed by atoms with Gasteiger partial charge in [0.05, 0.1) is 38.7 Å². The summed E-state index contributed by atoms with van der Waals surface area (Å²) in [7, 11) is 8.54. The summed E-state index contributed by atoms with van der Waals surface area (Å²) in [5, 5.41) is 0. The number of amides is 1. The molecule has 13 nitrogen and oxygen atoms in total. The van der Waals surface area contributed by atoms with Crippen molar-refractivity contribution in [1.82, 2.24) is 24.8 Å². The molecule has 40 heavy (non-hydrogen) atoms. The molecule has 0 aromatic carbocycles. The largest absolute Gasteiger partial charge is 0.383 e. The fraction of sp³-hybridized carbons (Fsp3) is 0.741. The number of rotatable bonds is 18. The van der Waals surface area contributed by atoms with Crippen LogP contribution in [0.4, 0.5) is 17.7 Å². The molecule has 1 saturated heterocycles. The van der Waals surface area contributed by atoms with Crippen LogP contribution in [-0.2, 0) is 30.2 Å². The maximum absolute atomic E-state index is 12.8. The molecule has 3 rings (SSSR count). The maximum atomic E-state index is 12.8. The van der Waals surface area contributed by atoms with Crippen LogP contribution >= 0.6 is 0 Å². The van der Waals surface area contributed by atoms with Crippen LogP contribution in [0.3, 0.4) is 0 Å². The van der Waals surface area contributed by atoms with E-state index in [1.54, 1.807) is 33.3 Å². The predicted molar refractivity (Wildman–Crippen MR) is 156 cm³/mol. The third-order valence-corrected chi connectivity index (χ3v) is 6.92. The molecule has 0 radical (unpaired) electrons. The smallest absolute Gasteiger partial charge is 0.241 e. The van der Waals surface area contributed by atoms with Crippen molar-refractivity contribution in [2.45, 2.75) is 26.2 Å². The fourth-order valence-corrected chi connectivity index (χ4v) is 4.42. The van der Waals surface area contributed by atoms with Crippen molar-refractivity contribution in [2.75, 3.05) is 122 Å². The van der Waals surface area contributed by atoms with E-state index in [0.29, 0.717) is 94.4 Å². The standard InChI is InChI=1S/C27H46N8O5/c1-7-8-9-21-23-24(30-26(28-21)33(12-16-37-3)13-17-38-4)25(35-11-10-32(2)22(36)20-35)31-27(29-23)34(14-18-39-5)15-19-40-6/h7-20H2,1-6H3. The zero-order valence-electron chi connectivity index (χ0n) is 25.0. The minimum atomic E-state index is 0.0393. The van der Waals surface area contributed by atoms with Gasteiger partial charge in [0.1, 0.15) is 11.0 Å². The molecule has 0 unspecified atom stereocenters. The lowest BCUT2D eigenvalue weighted by atomic mass is 10.1. The molecule has 0 saturated carbocycles. The van der Waals surface area contributed by atoms with Crippen LogP contribution in [0.25, 0.3) is 11.0 Å². The highest BCUT2D eigenvalue weighted by Gasteiger charge is 2.28. The second-order valence-corrected chi connectivity index (χ2v) is 9.80. The number of methoxy groups -OCH3 is 4. The van der Waals surface area contributed by atoms with Gasteiger partial charge in [-0.25, -0.2) is 15.0 Å². The Morgan fingerprint density at radius 2 is 1.27 bits per heavy atom. The van der Waals surface area contributed by atoms with E-state index in [1.807, 2.05) is 11.9 Å². The zero-order valence-corrected chi connectivity index (χ0v) is 25.0. The number of unbranched alkanes of at least 4 members (excludes halogenated alkanes) is 1. The van der Waals surface area contributed by atoms with Crippen LogP contribution in [0.5, 0.6) is 0 Å². The average molecular weight is 563 g/mol. The van der Waals surface area contributed by atoms with Gasteiger partial charge in [-0.15, -0.1) is 0 Å². The summed E-state index contributed by atoms with van der Waals surface area (Å²) in [6.07, 6.45) is 2.72. The quantitative estimate of drug-likeness (QED) is 0.260. The number of hydrogen-bond donors (Lipinski definition) is 0. The number of piperazine rings is 1. The Hall–Kier alpha value is -2.87. The molecule has 3 heterocycles. The Kier molecular flexibility index (Phi) is 13.0. The number of likely N-dealkylation sites (N-methyl/N-ethyl adjacent to an activating group) is 1. The highest BCUT2D eigenvalue weighted by Crippen LogP contribution is 2.30. The van der Waals surface area contributed by atoms with Gasteiger partial charge in [0, 0.05) is 74.8 Å². The first-order valence-electron chi connectivity index (χ1n) is 14.0. The molecule has 1 fully saturated rings. The molecule has 224 valence electrons. The number of hydrogen-bond acceptors (Lipinski definition) is 12. The molecular weight excluding hydrogens is 516 g/mol. The third-order valence-electron chi connectivity index (χ3n) is 6.92. The van der Waals surface area contributed by atoms with Crippen LogP contribution in [0, 0.1) is 0 Å². The van der Waals surface area contributed by atoms with E-state index in [9.17, 15) is 4.79 Å². The Morgan fingerprint density at radius 1 is 0.750 bits per heavy atom. The second-order valence-electron chi connectivity index (χ2n) is 9.80. The summed E-state index contributed by atoms with van der Waals surface area (Å²) in [5.74, 6) is 1.81. The highest BCUT2D eigenvalue weighted by atomic mass is 16.5. The minimum Gasteiger partial charge on any atom is -0.383 e. The van der Waals surface area contributed by atoms with Crippen molar-refractivity contribution in [2.24, 2.45) is 0 Å². The molecular formula is C27H46N8O5. The number of ether oxygens (including phenoxy) is 4. The number of aromatic nitrogens is 4. The van der Waals surface area contributed by atoms with E-state index in [4.69, 9.17) is 38.9 Å². The van der Waals surface area contributed by atoms with Crippen molar-refractivity contribution in [1.29, 1.82) is 0 Å². The van der Waals surface area contributed by atoms with Crippen LogP contribution in [0.2, 0.25) is 0 Å². The monoisotopic (exact) mass is 562 g/mol. The summed E-state index contributed by atoms with van der Waals surface area (Å²) < 4.78 is 21.5. The Balaban J connectivity index is 2.23. The molecule has 1 aliphatic rings. The topological polar surface area (TPSA) is 119 Å². The Labute approximate surface area is 237 Å². The first kappa shape index (κ1) is 31.7. The molecule has 0 atom stereocenters. The number of aryl methyl sites for hydroxylation is 1. The lowest BCUT2D eigenvalue weighted by Gasteiger charge is -2.34. The molecule has 0 spiro atoms. The number of anilines is 3. The van der Waals surface area contributed by atoms with Gasteiger partial charge in [-0.1, -0.05) is 13.3 Å². The van der Waals surface area contributed by atoms with Crippen LogP contribution in [0.15, 0.2) is 0 Å². The van der Waals surface area contributed by atoms with Crippen molar-refractivity contribution in [3.63, 3.8) is 0 Å². The van der Waals surface area contributed by atoms with Crippen LogP contribution < -0.4 is 14.7 Å². The van der Waals surface area contributed by atoms with E-state index in [2.05, 4.69) is 16.7 Å². The van der Waals surface area contributed by atoms with E-state index in [-0.39, 0.29) is 12.5 Å². The van der Waals surface area contributed by atoms with Crippen LogP contribution in [-0.4, -0.2) is 138 Å². The van der Waals surface area contributed by atoms with Gasteiger partial charge < -0.3 is 38.5 Å². The van der Waals surface area contributed by atoms with E-state index in [0.717, 1.165) is 25.0 Å². The molecule has 2 aromatic rings. The number of nitrogens with zero attached hydrogens (tertiary/aromatic N) is 8. The van der Waals surface area contributed by atoms with Crippen LogP contribution in [0.1, 0.15) is 25.5 Å². The first-order valence-corrected chi connectivity index (χ1v) is 14.0. The zero-order chi connectivity index (χ0) is 28.9. The Morgan fingerprint density at radius 3 is 1.77 bits per heavy atom. The normalized spacial score (nSPS) is 13.9. The number of fused-ring (bicyclic) bond motifs is 1. The predicted octanol–water partition coefficient (Wildman–Crippen LogP) is 1.24. The van der Waals surface area contributed by atoms with E-state index in [1.165, 1.54) is 0 Å². The molecule has 1 amide bonds. The molecule has 2 aromatic heterocycles. The summed E-state index contributed by atoms with van der Waals surface area (Å²) in [4.78, 5) is 40.8. The summed E-state index contributed by atoms with van der Waals surface area (Å²) in [6, 6.07) is 0. The van der Waals surface area contributed by atoms with Gasteiger partial charge in [0.2, 0.25) is 17.8 Å². The SMILES string of the molecule is CCCCc1nc(N(CCOC)CCOC)nc2c(N3CCN(C)C(=O)C3)nc(N(CCOC)CCOC)nc12. The average Bonchev–Trinajstić information content (AvgIpc) is 2.97. The van der Waals surface area contributed by atoms with Gasteiger partial charge >= 0.3 is 0 Å². The molecule has 1 aliphatic heterocycles. The van der Waals surface area contributed by atoms with Gasteiger partial charge in [-0.05, 0) is 12.8 Å². The van der Waals surface area contributed by atoms with Gasteiger partial charge in [0.25, 0.3) is 0 Å². The van der Waals surface area contributed by atoms with Crippen molar-refractivity contribution >= 4 is 34.7 Å².